The zero-order chi connectivity index (χ0) is 14.4. The van der Waals surface area contributed by atoms with Gasteiger partial charge in [-0.2, -0.15) is 5.26 Å². The maximum absolute atomic E-state index is 13.6. The van der Waals surface area contributed by atoms with Crippen LogP contribution >= 0.6 is 0 Å². The van der Waals surface area contributed by atoms with Crippen LogP contribution in [-0.2, 0) is 11.3 Å². The van der Waals surface area contributed by atoms with E-state index in [0.717, 1.165) is 0 Å². The number of hydrogen-bond donors (Lipinski definition) is 1. The van der Waals surface area contributed by atoms with Crippen molar-refractivity contribution in [1.82, 2.24) is 4.90 Å². The Balaban J connectivity index is 2.79. The van der Waals surface area contributed by atoms with Crippen LogP contribution in [0.3, 0.4) is 0 Å². The lowest BCUT2D eigenvalue weighted by Gasteiger charge is -2.21. The van der Waals surface area contributed by atoms with Crippen molar-refractivity contribution in [3.8, 4) is 6.07 Å². The van der Waals surface area contributed by atoms with Crippen molar-refractivity contribution in [2.75, 3.05) is 13.6 Å². The molecule has 0 aromatic heterocycles. The summed E-state index contributed by atoms with van der Waals surface area (Å²) < 4.78 is 13.6. The Labute approximate surface area is 112 Å². The smallest absolute Gasteiger partial charge is 0.225 e. The number of nitriles is 1. The number of nitrogens with two attached hydrogens (primary N) is 1. The molecule has 1 atom stereocenters. The van der Waals surface area contributed by atoms with Crippen LogP contribution in [0.15, 0.2) is 18.2 Å². The van der Waals surface area contributed by atoms with Gasteiger partial charge < -0.3 is 10.6 Å². The summed E-state index contributed by atoms with van der Waals surface area (Å²) in [5, 5.41) is 8.79. The second-order valence-electron chi connectivity index (χ2n) is 4.59. The minimum atomic E-state index is -0.412. The van der Waals surface area contributed by atoms with Gasteiger partial charge in [0.25, 0.3) is 0 Å². The minimum absolute atomic E-state index is 0.0767. The Morgan fingerprint density at radius 3 is 2.84 bits per heavy atom. The van der Waals surface area contributed by atoms with Gasteiger partial charge in [-0.15, -0.1) is 0 Å². The third-order valence-electron chi connectivity index (χ3n) is 2.98. The molecule has 0 heterocycles. The second-order valence-corrected chi connectivity index (χ2v) is 4.59. The monoisotopic (exact) mass is 263 g/mol. The third kappa shape index (κ3) is 4.04. The average molecular weight is 263 g/mol. The molecule has 0 saturated heterocycles. The molecule has 0 fully saturated rings. The normalized spacial score (nSPS) is 11.7. The highest BCUT2D eigenvalue weighted by Gasteiger charge is 2.18. The van der Waals surface area contributed by atoms with Gasteiger partial charge in [-0.05, 0) is 31.2 Å². The van der Waals surface area contributed by atoms with E-state index in [1.807, 2.05) is 6.07 Å². The van der Waals surface area contributed by atoms with Crippen molar-refractivity contribution in [3.63, 3.8) is 0 Å². The predicted molar refractivity (Wildman–Crippen MR) is 70.4 cm³/mol. The molecule has 0 aliphatic carbocycles. The SMILES string of the molecule is CC(CCN)C(=O)N(C)Cc1cc(C#N)ccc1F. The molecule has 19 heavy (non-hydrogen) atoms. The molecule has 0 saturated carbocycles. The molecule has 102 valence electrons. The number of amides is 1. The van der Waals surface area contributed by atoms with Gasteiger partial charge in [-0.1, -0.05) is 6.92 Å². The van der Waals surface area contributed by atoms with Crippen LogP contribution in [0, 0.1) is 23.1 Å². The summed E-state index contributed by atoms with van der Waals surface area (Å²) in [4.78, 5) is 13.4. The van der Waals surface area contributed by atoms with Gasteiger partial charge in [0.05, 0.1) is 11.6 Å². The molecule has 1 amide bonds. The summed E-state index contributed by atoms with van der Waals surface area (Å²) in [5.41, 5.74) is 6.14. The highest BCUT2D eigenvalue weighted by atomic mass is 19.1. The second kappa shape index (κ2) is 6.86. The first-order valence-corrected chi connectivity index (χ1v) is 6.13. The van der Waals surface area contributed by atoms with Crippen LogP contribution in [-0.4, -0.2) is 24.4 Å². The fourth-order valence-electron chi connectivity index (χ4n) is 1.85. The van der Waals surface area contributed by atoms with Crippen LogP contribution in [0.4, 0.5) is 4.39 Å². The number of carbonyl (C=O) groups is 1. The quantitative estimate of drug-likeness (QED) is 0.878. The van der Waals surface area contributed by atoms with E-state index in [0.29, 0.717) is 24.1 Å². The number of hydrogen-bond acceptors (Lipinski definition) is 3. The number of nitrogens with zero attached hydrogens (tertiary/aromatic N) is 2. The van der Waals surface area contributed by atoms with Gasteiger partial charge in [-0.25, -0.2) is 4.39 Å². The van der Waals surface area contributed by atoms with Gasteiger partial charge in [0.2, 0.25) is 5.91 Å². The van der Waals surface area contributed by atoms with Gasteiger partial charge in [0.1, 0.15) is 5.82 Å². The van der Waals surface area contributed by atoms with Crippen molar-refractivity contribution < 1.29 is 9.18 Å². The molecule has 0 radical (unpaired) electrons. The van der Waals surface area contributed by atoms with Gasteiger partial charge >= 0.3 is 0 Å². The van der Waals surface area contributed by atoms with Crippen molar-refractivity contribution in [2.45, 2.75) is 19.9 Å². The number of halogens is 1. The maximum atomic E-state index is 13.6. The minimum Gasteiger partial charge on any atom is -0.341 e. The lowest BCUT2D eigenvalue weighted by atomic mass is 10.1. The highest BCUT2D eigenvalue weighted by molar-refractivity contribution is 5.78. The molecule has 0 spiro atoms. The lowest BCUT2D eigenvalue weighted by Crippen LogP contribution is -2.32. The highest BCUT2D eigenvalue weighted by Crippen LogP contribution is 2.14. The first-order valence-electron chi connectivity index (χ1n) is 6.13. The van der Waals surface area contributed by atoms with E-state index in [1.54, 1.807) is 14.0 Å². The Bertz CT molecular complexity index is 496. The van der Waals surface area contributed by atoms with E-state index in [1.165, 1.54) is 23.1 Å². The summed E-state index contributed by atoms with van der Waals surface area (Å²) in [6, 6.07) is 6.08. The van der Waals surface area contributed by atoms with Crippen LogP contribution < -0.4 is 5.73 Å². The summed E-state index contributed by atoms with van der Waals surface area (Å²) >= 11 is 0. The lowest BCUT2D eigenvalue weighted by molar-refractivity contribution is -0.134. The van der Waals surface area contributed by atoms with E-state index < -0.39 is 5.82 Å². The number of benzene rings is 1. The van der Waals surface area contributed by atoms with E-state index in [4.69, 9.17) is 11.0 Å². The summed E-state index contributed by atoms with van der Waals surface area (Å²) in [6.07, 6.45) is 0.601. The summed E-state index contributed by atoms with van der Waals surface area (Å²) in [5.74, 6) is -0.672. The molecule has 1 aromatic rings. The molecule has 2 N–H and O–H groups in total. The standard InChI is InChI=1S/C14H18FN3O/c1-10(5-6-16)14(19)18(2)9-12-7-11(8-17)3-4-13(12)15/h3-4,7,10H,5-6,9,16H2,1-2H3. The molecular formula is C14H18FN3O. The average Bonchev–Trinajstić information content (AvgIpc) is 2.40. The largest absolute Gasteiger partial charge is 0.341 e. The fraction of sp³-hybridized carbons (Fsp3) is 0.429. The Morgan fingerprint density at radius 2 is 2.26 bits per heavy atom. The van der Waals surface area contributed by atoms with E-state index in [2.05, 4.69) is 0 Å². The third-order valence-corrected chi connectivity index (χ3v) is 2.98. The number of rotatable bonds is 5. The predicted octanol–water partition coefficient (Wildman–Crippen LogP) is 1.64. The first-order chi connectivity index (χ1) is 8.99. The summed E-state index contributed by atoms with van der Waals surface area (Å²) in [7, 11) is 1.62. The number of carbonyl (C=O) groups excluding carboxylic acids is 1. The van der Waals surface area contributed by atoms with Crippen molar-refractivity contribution in [2.24, 2.45) is 11.7 Å². The first kappa shape index (κ1) is 15.1. The molecule has 1 aromatic carbocycles. The van der Waals surface area contributed by atoms with Crippen LogP contribution in [0.25, 0.3) is 0 Å². The summed E-state index contributed by atoms with van der Waals surface area (Å²) in [6.45, 7) is 2.39. The fourth-order valence-corrected chi connectivity index (χ4v) is 1.85. The topological polar surface area (TPSA) is 70.1 Å². The van der Waals surface area contributed by atoms with Gasteiger partial charge in [0, 0.05) is 25.1 Å². The molecule has 1 rings (SSSR count). The molecule has 1 unspecified atom stereocenters. The van der Waals surface area contributed by atoms with E-state index >= 15 is 0 Å². The van der Waals surface area contributed by atoms with Crippen LogP contribution in [0.5, 0.6) is 0 Å². The Kier molecular flexibility index (Phi) is 5.46. The molecule has 0 aliphatic heterocycles. The van der Waals surface area contributed by atoms with Gasteiger partial charge in [-0.3, -0.25) is 4.79 Å². The van der Waals surface area contributed by atoms with E-state index in [-0.39, 0.29) is 18.4 Å². The molecule has 4 nitrogen and oxygen atoms in total. The zero-order valence-corrected chi connectivity index (χ0v) is 11.2. The van der Waals surface area contributed by atoms with Crippen molar-refractivity contribution in [1.29, 1.82) is 5.26 Å². The molecule has 5 heteroatoms. The Morgan fingerprint density at radius 1 is 1.58 bits per heavy atom. The van der Waals surface area contributed by atoms with Crippen LogP contribution in [0.1, 0.15) is 24.5 Å². The van der Waals surface area contributed by atoms with Crippen molar-refractivity contribution >= 4 is 5.91 Å². The Hall–Kier alpha value is -1.93. The molecule has 0 aliphatic rings. The molecule has 0 bridgehead atoms. The maximum Gasteiger partial charge on any atom is 0.225 e. The molecular weight excluding hydrogens is 245 g/mol. The zero-order valence-electron chi connectivity index (χ0n) is 11.2. The van der Waals surface area contributed by atoms with Crippen molar-refractivity contribution in [3.05, 3.63) is 35.1 Å². The van der Waals surface area contributed by atoms with Crippen LogP contribution in [0.2, 0.25) is 0 Å². The van der Waals surface area contributed by atoms with Gasteiger partial charge in [0.15, 0.2) is 0 Å². The van der Waals surface area contributed by atoms with E-state index in [9.17, 15) is 9.18 Å².